The lowest BCUT2D eigenvalue weighted by Gasteiger charge is -2.04. The minimum atomic E-state index is 1.13. The molecule has 0 saturated heterocycles. The molecule has 0 spiro atoms. The van der Waals surface area contributed by atoms with Crippen molar-refractivity contribution in [1.29, 1.82) is 0 Å². The highest BCUT2D eigenvalue weighted by Crippen LogP contribution is 2.16. The first kappa shape index (κ1) is 8.86. The molecule has 0 radical (unpaired) electrons. The maximum absolute atomic E-state index is 3.47. The van der Waals surface area contributed by atoms with Crippen LogP contribution in [0.5, 0.6) is 0 Å². The van der Waals surface area contributed by atoms with Crippen LogP contribution in [0.25, 0.3) is 0 Å². The molecule has 0 heterocycles. The van der Waals surface area contributed by atoms with Gasteiger partial charge >= 0.3 is 0 Å². The van der Waals surface area contributed by atoms with E-state index in [2.05, 4.69) is 48.9 Å². The fraction of sp³-hybridized carbons (Fsp3) is 0.333. The van der Waals surface area contributed by atoms with Gasteiger partial charge in [0.25, 0.3) is 0 Å². The molecule has 0 N–H and O–H groups in total. The van der Waals surface area contributed by atoms with Crippen LogP contribution in [-0.4, -0.2) is 7.85 Å². The van der Waals surface area contributed by atoms with Gasteiger partial charge in [-0.1, -0.05) is 40.8 Å². The monoisotopic (exact) mass is 210 g/mol. The topological polar surface area (TPSA) is 0 Å². The van der Waals surface area contributed by atoms with Crippen molar-refractivity contribution in [3.05, 3.63) is 33.8 Å². The minimum Gasteiger partial charge on any atom is -0.0613 e. The third kappa shape index (κ3) is 2.09. The van der Waals surface area contributed by atoms with Gasteiger partial charge in [-0.25, -0.2) is 0 Å². The lowest BCUT2D eigenvalue weighted by molar-refractivity contribution is 1.10. The van der Waals surface area contributed by atoms with Gasteiger partial charge in [0, 0.05) is 4.47 Å². The van der Waals surface area contributed by atoms with Crippen molar-refractivity contribution < 1.29 is 0 Å². The van der Waals surface area contributed by atoms with Crippen LogP contribution in [-0.2, 0) is 12.7 Å². The summed E-state index contributed by atoms with van der Waals surface area (Å²) in [4.78, 5) is 0. The zero-order valence-electron chi connectivity index (χ0n) is 7.02. The van der Waals surface area contributed by atoms with E-state index in [-0.39, 0.29) is 0 Å². The molecule has 0 aromatic heterocycles. The van der Waals surface area contributed by atoms with Crippen molar-refractivity contribution in [2.45, 2.75) is 19.7 Å². The third-order valence-electron chi connectivity index (χ3n) is 1.93. The van der Waals surface area contributed by atoms with E-state index in [0.717, 1.165) is 12.7 Å². The molecule has 0 amide bonds. The maximum Gasteiger partial charge on any atom is 0.107 e. The van der Waals surface area contributed by atoms with Gasteiger partial charge in [0.1, 0.15) is 7.85 Å². The molecular weight excluding hydrogens is 199 g/mol. The van der Waals surface area contributed by atoms with Gasteiger partial charge in [0.05, 0.1) is 0 Å². The Morgan fingerprint density at radius 3 is 2.64 bits per heavy atom. The predicted octanol–water partition coefficient (Wildman–Crippen LogP) is 2.14. The van der Waals surface area contributed by atoms with Crippen molar-refractivity contribution in [3.8, 4) is 0 Å². The molecule has 0 atom stereocenters. The van der Waals surface area contributed by atoms with Gasteiger partial charge in [-0.3, -0.25) is 0 Å². The van der Waals surface area contributed by atoms with E-state index in [4.69, 9.17) is 0 Å². The van der Waals surface area contributed by atoms with Gasteiger partial charge < -0.3 is 0 Å². The van der Waals surface area contributed by atoms with Crippen LogP contribution in [0, 0.1) is 0 Å². The molecule has 1 aromatic rings. The van der Waals surface area contributed by atoms with Crippen molar-refractivity contribution in [1.82, 2.24) is 0 Å². The van der Waals surface area contributed by atoms with Crippen LogP contribution >= 0.6 is 15.9 Å². The molecule has 0 fully saturated rings. The first-order valence-electron chi connectivity index (χ1n) is 4.05. The first-order valence-corrected chi connectivity index (χ1v) is 4.84. The summed E-state index contributed by atoms with van der Waals surface area (Å²) in [5.41, 5.74) is 2.93. The van der Waals surface area contributed by atoms with Gasteiger partial charge in [-0.2, -0.15) is 0 Å². The van der Waals surface area contributed by atoms with E-state index in [0.29, 0.717) is 0 Å². The number of rotatable bonds is 2. The SMILES string of the molecule is BCc1ccc(Br)cc1CC. The van der Waals surface area contributed by atoms with E-state index in [9.17, 15) is 0 Å². The van der Waals surface area contributed by atoms with Gasteiger partial charge in [-0.15, -0.1) is 0 Å². The molecule has 0 aliphatic carbocycles. The molecule has 2 heteroatoms. The van der Waals surface area contributed by atoms with E-state index in [1.54, 1.807) is 0 Å². The van der Waals surface area contributed by atoms with E-state index in [1.807, 2.05) is 0 Å². The van der Waals surface area contributed by atoms with Crippen molar-refractivity contribution >= 4 is 23.8 Å². The second kappa shape index (κ2) is 3.96. The summed E-state index contributed by atoms with van der Waals surface area (Å²) >= 11 is 3.47. The molecule has 0 aliphatic heterocycles. The average Bonchev–Trinajstić information content (AvgIpc) is 2.04. The maximum atomic E-state index is 3.47. The number of halogens is 1. The summed E-state index contributed by atoms with van der Waals surface area (Å²) in [6, 6.07) is 6.51. The molecule has 58 valence electrons. The molecule has 11 heavy (non-hydrogen) atoms. The Morgan fingerprint density at radius 2 is 2.09 bits per heavy atom. The van der Waals surface area contributed by atoms with Crippen LogP contribution in [0.3, 0.4) is 0 Å². The average molecular weight is 211 g/mol. The van der Waals surface area contributed by atoms with Gasteiger partial charge in [0.2, 0.25) is 0 Å². The molecule has 0 nitrogen and oxygen atoms in total. The molecule has 1 rings (SSSR count). The standard InChI is InChI=1S/C9H12BBr/c1-2-7-5-9(11)4-3-8(7)6-10/h3-5H,2,6,10H2,1H3. The smallest absolute Gasteiger partial charge is 0.0613 e. The highest BCUT2D eigenvalue weighted by molar-refractivity contribution is 9.10. The lowest BCUT2D eigenvalue weighted by atomic mass is 9.92. The Bertz CT molecular complexity index is 245. The second-order valence-electron chi connectivity index (χ2n) is 2.62. The Labute approximate surface area is 77.5 Å². The number of hydrogen-bond donors (Lipinski definition) is 0. The summed E-state index contributed by atoms with van der Waals surface area (Å²) in [6.07, 6.45) is 2.26. The second-order valence-corrected chi connectivity index (χ2v) is 3.54. The number of aryl methyl sites for hydroxylation is 1. The fourth-order valence-corrected chi connectivity index (χ4v) is 1.68. The summed E-state index contributed by atoms with van der Waals surface area (Å²) < 4.78 is 1.19. The molecule has 0 unspecified atom stereocenters. The highest BCUT2D eigenvalue weighted by atomic mass is 79.9. The highest BCUT2D eigenvalue weighted by Gasteiger charge is 1.97. The summed E-state index contributed by atoms with van der Waals surface area (Å²) in [7, 11) is 2.20. The fourth-order valence-electron chi connectivity index (χ4n) is 1.27. The van der Waals surface area contributed by atoms with Crippen LogP contribution < -0.4 is 0 Å². The third-order valence-corrected chi connectivity index (χ3v) is 2.42. The van der Waals surface area contributed by atoms with E-state index >= 15 is 0 Å². The van der Waals surface area contributed by atoms with Crippen LogP contribution in [0.4, 0.5) is 0 Å². The Balaban J connectivity index is 3.06. The number of hydrogen-bond acceptors (Lipinski definition) is 0. The summed E-state index contributed by atoms with van der Waals surface area (Å²) in [5, 5.41) is 0. The van der Waals surface area contributed by atoms with Crippen LogP contribution in [0.1, 0.15) is 18.1 Å². The first-order chi connectivity index (χ1) is 5.27. The quantitative estimate of drug-likeness (QED) is 0.657. The largest absolute Gasteiger partial charge is 0.107 e. The van der Waals surface area contributed by atoms with E-state index in [1.165, 1.54) is 15.6 Å². The van der Waals surface area contributed by atoms with Gasteiger partial charge in [-0.05, 0) is 24.1 Å². The zero-order valence-corrected chi connectivity index (χ0v) is 8.61. The minimum absolute atomic E-state index is 1.13. The summed E-state index contributed by atoms with van der Waals surface area (Å²) in [5.74, 6) is 0. The normalized spacial score (nSPS) is 10.0. The van der Waals surface area contributed by atoms with E-state index < -0.39 is 0 Å². The zero-order chi connectivity index (χ0) is 8.27. The molecule has 1 aromatic carbocycles. The summed E-state index contributed by atoms with van der Waals surface area (Å²) in [6.45, 7) is 2.20. The Hall–Kier alpha value is -0.235. The van der Waals surface area contributed by atoms with Crippen LogP contribution in [0.2, 0.25) is 0 Å². The van der Waals surface area contributed by atoms with Gasteiger partial charge in [0.15, 0.2) is 0 Å². The Morgan fingerprint density at radius 1 is 1.36 bits per heavy atom. The predicted molar refractivity (Wildman–Crippen MR) is 55.8 cm³/mol. The Kier molecular flexibility index (Phi) is 3.19. The molecule has 0 bridgehead atoms. The van der Waals surface area contributed by atoms with Crippen molar-refractivity contribution in [2.75, 3.05) is 0 Å². The molecule has 0 aliphatic rings. The molecule has 0 saturated carbocycles. The van der Waals surface area contributed by atoms with Crippen molar-refractivity contribution in [3.63, 3.8) is 0 Å². The molecular formula is C9H12BBr. The number of benzene rings is 1. The van der Waals surface area contributed by atoms with Crippen molar-refractivity contribution in [2.24, 2.45) is 0 Å². The van der Waals surface area contributed by atoms with Crippen LogP contribution in [0.15, 0.2) is 22.7 Å². The lowest BCUT2D eigenvalue weighted by Crippen LogP contribution is -1.91.